The first-order valence-corrected chi connectivity index (χ1v) is 12.4. The monoisotopic (exact) mass is 430 g/mol. The van der Waals surface area contributed by atoms with Crippen molar-refractivity contribution in [2.75, 3.05) is 0 Å². The maximum Gasteiger partial charge on any atom is 0.339 e. The SMILES string of the molecule is CCCC1=C(CCC)C(OC(=O)c2ccccc2)(c2ccccc2)C(CCC)=C1CCC. The average Bonchev–Trinajstić information content (AvgIpc) is 3.05. The summed E-state index contributed by atoms with van der Waals surface area (Å²) in [6.45, 7) is 8.95. The van der Waals surface area contributed by atoms with E-state index < -0.39 is 5.60 Å². The van der Waals surface area contributed by atoms with Gasteiger partial charge in [-0.05, 0) is 60.1 Å². The van der Waals surface area contributed by atoms with Gasteiger partial charge in [-0.15, -0.1) is 0 Å². The highest BCUT2D eigenvalue weighted by Crippen LogP contribution is 2.55. The number of hydrogen-bond acceptors (Lipinski definition) is 2. The molecule has 0 aromatic heterocycles. The second-order valence-corrected chi connectivity index (χ2v) is 8.72. The predicted octanol–water partition coefficient (Wildman–Crippen LogP) is 8.55. The summed E-state index contributed by atoms with van der Waals surface area (Å²) in [6.07, 6.45) is 8.18. The molecule has 0 radical (unpaired) electrons. The van der Waals surface area contributed by atoms with Gasteiger partial charge in [0.15, 0.2) is 5.60 Å². The van der Waals surface area contributed by atoms with E-state index in [1.54, 1.807) is 0 Å². The summed E-state index contributed by atoms with van der Waals surface area (Å²) in [6, 6.07) is 19.9. The first-order chi connectivity index (χ1) is 15.6. The van der Waals surface area contributed by atoms with Gasteiger partial charge in [0.2, 0.25) is 0 Å². The van der Waals surface area contributed by atoms with Gasteiger partial charge < -0.3 is 4.74 Å². The van der Waals surface area contributed by atoms with Gasteiger partial charge >= 0.3 is 5.97 Å². The molecule has 0 atom stereocenters. The van der Waals surface area contributed by atoms with Crippen molar-refractivity contribution in [2.24, 2.45) is 0 Å². The Kier molecular flexibility index (Phi) is 8.50. The van der Waals surface area contributed by atoms with Gasteiger partial charge in [-0.3, -0.25) is 0 Å². The van der Waals surface area contributed by atoms with Crippen LogP contribution in [0.2, 0.25) is 0 Å². The van der Waals surface area contributed by atoms with E-state index in [-0.39, 0.29) is 5.97 Å². The lowest BCUT2D eigenvalue weighted by Crippen LogP contribution is -2.35. The molecule has 0 spiro atoms. The molecule has 1 aliphatic carbocycles. The van der Waals surface area contributed by atoms with Crippen LogP contribution >= 0.6 is 0 Å². The van der Waals surface area contributed by atoms with Crippen LogP contribution in [0.15, 0.2) is 83.0 Å². The Bertz CT molecular complexity index is 919. The standard InChI is InChI=1S/C30H38O2/c1-5-15-25-26(16-6-2)28(18-8-4)30(27(25)17-7-3,24-21-13-10-14-22-24)32-29(31)23-19-11-9-12-20-23/h9-14,19-22H,5-8,15-18H2,1-4H3. The number of hydrogen-bond donors (Lipinski definition) is 0. The minimum Gasteiger partial charge on any atom is -0.441 e. The molecular formula is C30H38O2. The van der Waals surface area contributed by atoms with E-state index in [1.165, 1.54) is 22.3 Å². The third kappa shape index (κ3) is 4.60. The van der Waals surface area contributed by atoms with Crippen LogP contribution in [0.4, 0.5) is 0 Å². The third-order valence-corrected chi connectivity index (χ3v) is 6.38. The Hall–Kier alpha value is -2.61. The summed E-state index contributed by atoms with van der Waals surface area (Å²) >= 11 is 0. The topological polar surface area (TPSA) is 26.3 Å². The van der Waals surface area contributed by atoms with Gasteiger partial charge in [-0.25, -0.2) is 4.79 Å². The highest BCUT2D eigenvalue weighted by Gasteiger charge is 2.49. The molecule has 0 unspecified atom stereocenters. The van der Waals surface area contributed by atoms with E-state index in [1.807, 2.05) is 36.4 Å². The molecule has 32 heavy (non-hydrogen) atoms. The normalized spacial score (nSPS) is 15.4. The van der Waals surface area contributed by atoms with Crippen molar-refractivity contribution in [1.82, 2.24) is 0 Å². The zero-order valence-corrected chi connectivity index (χ0v) is 20.2. The van der Waals surface area contributed by atoms with E-state index in [2.05, 4.69) is 52.0 Å². The van der Waals surface area contributed by atoms with Crippen molar-refractivity contribution in [3.05, 3.63) is 94.1 Å². The van der Waals surface area contributed by atoms with Gasteiger partial charge in [-0.1, -0.05) is 102 Å². The Morgan fingerprint density at radius 1 is 0.656 bits per heavy atom. The highest BCUT2D eigenvalue weighted by molar-refractivity contribution is 5.90. The first kappa shape index (κ1) is 24.0. The maximum atomic E-state index is 13.5. The number of benzene rings is 2. The second kappa shape index (κ2) is 11.3. The van der Waals surface area contributed by atoms with E-state index in [9.17, 15) is 4.79 Å². The van der Waals surface area contributed by atoms with Gasteiger partial charge in [0.25, 0.3) is 0 Å². The Labute approximate surface area is 194 Å². The molecule has 170 valence electrons. The van der Waals surface area contributed by atoms with Crippen LogP contribution in [-0.2, 0) is 10.3 Å². The molecule has 0 saturated heterocycles. The summed E-state index contributed by atoms with van der Waals surface area (Å²) < 4.78 is 6.70. The summed E-state index contributed by atoms with van der Waals surface area (Å²) in [4.78, 5) is 13.5. The molecule has 0 heterocycles. The van der Waals surface area contributed by atoms with Crippen LogP contribution in [0.1, 0.15) is 95.0 Å². The van der Waals surface area contributed by atoms with Crippen LogP contribution in [-0.4, -0.2) is 5.97 Å². The van der Waals surface area contributed by atoms with Crippen LogP contribution < -0.4 is 0 Å². The molecule has 0 N–H and O–H groups in total. The van der Waals surface area contributed by atoms with Crippen molar-refractivity contribution >= 4 is 5.97 Å². The van der Waals surface area contributed by atoms with Crippen LogP contribution in [0.5, 0.6) is 0 Å². The molecule has 2 nitrogen and oxygen atoms in total. The van der Waals surface area contributed by atoms with Crippen LogP contribution in [0, 0.1) is 0 Å². The van der Waals surface area contributed by atoms with Gasteiger partial charge in [0, 0.05) is 5.56 Å². The fourth-order valence-electron chi connectivity index (χ4n) is 5.20. The minimum atomic E-state index is -0.796. The zero-order valence-electron chi connectivity index (χ0n) is 20.2. The number of carbonyl (C=O) groups excluding carboxylic acids is 1. The largest absolute Gasteiger partial charge is 0.441 e. The van der Waals surface area contributed by atoms with E-state index >= 15 is 0 Å². The number of allylic oxidation sites excluding steroid dienone is 2. The second-order valence-electron chi connectivity index (χ2n) is 8.72. The third-order valence-electron chi connectivity index (χ3n) is 6.38. The molecular weight excluding hydrogens is 392 g/mol. The van der Waals surface area contributed by atoms with Crippen molar-refractivity contribution in [3.8, 4) is 0 Å². The summed E-state index contributed by atoms with van der Waals surface area (Å²) in [5.74, 6) is -0.245. The van der Waals surface area contributed by atoms with Gasteiger partial charge in [0.1, 0.15) is 0 Å². The molecule has 0 aliphatic heterocycles. The van der Waals surface area contributed by atoms with Crippen LogP contribution in [0.25, 0.3) is 0 Å². The van der Waals surface area contributed by atoms with Gasteiger partial charge in [0.05, 0.1) is 5.56 Å². The smallest absolute Gasteiger partial charge is 0.339 e. The lowest BCUT2D eigenvalue weighted by Gasteiger charge is -2.37. The van der Waals surface area contributed by atoms with Crippen molar-refractivity contribution in [2.45, 2.75) is 84.7 Å². The maximum absolute atomic E-state index is 13.5. The molecule has 0 amide bonds. The van der Waals surface area contributed by atoms with E-state index in [0.29, 0.717) is 5.56 Å². The summed E-state index contributed by atoms with van der Waals surface area (Å²) in [7, 11) is 0. The number of rotatable bonds is 11. The fraction of sp³-hybridized carbons (Fsp3) is 0.433. The molecule has 0 fully saturated rings. The minimum absolute atomic E-state index is 0.245. The fourth-order valence-corrected chi connectivity index (χ4v) is 5.20. The Morgan fingerprint density at radius 3 is 1.53 bits per heavy atom. The molecule has 1 aliphatic rings. The average molecular weight is 431 g/mol. The van der Waals surface area contributed by atoms with Crippen molar-refractivity contribution in [3.63, 3.8) is 0 Å². The van der Waals surface area contributed by atoms with Crippen molar-refractivity contribution < 1.29 is 9.53 Å². The van der Waals surface area contributed by atoms with Gasteiger partial charge in [-0.2, -0.15) is 0 Å². The number of ether oxygens (including phenoxy) is 1. The molecule has 0 saturated carbocycles. The van der Waals surface area contributed by atoms with Crippen molar-refractivity contribution in [1.29, 1.82) is 0 Å². The first-order valence-electron chi connectivity index (χ1n) is 12.4. The quantitative estimate of drug-likeness (QED) is 0.334. The zero-order chi connectivity index (χ0) is 23.0. The lowest BCUT2D eigenvalue weighted by atomic mass is 9.78. The molecule has 2 aromatic rings. The molecule has 2 heteroatoms. The Morgan fingerprint density at radius 2 is 1.09 bits per heavy atom. The predicted molar refractivity (Wildman–Crippen MR) is 134 cm³/mol. The lowest BCUT2D eigenvalue weighted by molar-refractivity contribution is 0.00971. The molecule has 3 rings (SSSR count). The highest BCUT2D eigenvalue weighted by atomic mass is 16.6. The molecule has 0 bridgehead atoms. The Balaban J connectivity index is 2.30. The summed E-state index contributed by atoms with van der Waals surface area (Å²) in [5.41, 5.74) is 6.41. The summed E-state index contributed by atoms with van der Waals surface area (Å²) in [5, 5.41) is 0. The number of carbonyl (C=O) groups is 1. The molecule has 2 aromatic carbocycles. The number of esters is 1. The van der Waals surface area contributed by atoms with E-state index in [4.69, 9.17) is 4.74 Å². The van der Waals surface area contributed by atoms with Crippen LogP contribution in [0.3, 0.4) is 0 Å². The van der Waals surface area contributed by atoms with E-state index in [0.717, 1.165) is 56.9 Å².